The SMILES string of the molecule is OCC(CO)(CO)N(C[C]1C=C[CH]C=C1)C[C]1C=C[CH]C=C1. The average Bonchev–Trinajstić information content (AvgIpc) is 2.59. The maximum absolute atomic E-state index is 9.74. The molecule has 0 aromatic rings. The van der Waals surface area contributed by atoms with Gasteiger partial charge in [-0.15, -0.1) is 0 Å². The van der Waals surface area contributed by atoms with Gasteiger partial charge in [0.05, 0.1) is 25.4 Å². The van der Waals surface area contributed by atoms with E-state index >= 15 is 0 Å². The Hall–Kier alpha value is -1.20. The summed E-state index contributed by atoms with van der Waals surface area (Å²) in [5, 5.41) is 29.2. The highest BCUT2D eigenvalue weighted by molar-refractivity contribution is 5.36. The maximum atomic E-state index is 9.74. The van der Waals surface area contributed by atoms with Gasteiger partial charge < -0.3 is 15.3 Å². The topological polar surface area (TPSA) is 63.9 Å². The van der Waals surface area contributed by atoms with Crippen LogP contribution in [0.1, 0.15) is 0 Å². The van der Waals surface area contributed by atoms with Crippen LogP contribution in [0.2, 0.25) is 0 Å². The van der Waals surface area contributed by atoms with Gasteiger partial charge in [-0.3, -0.25) is 4.90 Å². The van der Waals surface area contributed by atoms with Crippen molar-refractivity contribution in [2.24, 2.45) is 0 Å². The lowest BCUT2D eigenvalue weighted by atomic mass is 9.93. The number of hydrogen-bond acceptors (Lipinski definition) is 4. The molecular formula is C18H23NO3. The fraction of sp³-hybridized carbons (Fsp3) is 0.333. The summed E-state index contributed by atoms with van der Waals surface area (Å²) in [7, 11) is 0. The molecule has 118 valence electrons. The standard InChI is InChI=1S/C18H23NO3/c20-13-18(14-21,15-22)19(11-16-7-3-1-4-8-16)12-17-9-5-2-6-10-17/h1-10,20-22H,11-15H2. The van der Waals surface area contributed by atoms with Crippen molar-refractivity contribution in [3.63, 3.8) is 0 Å². The van der Waals surface area contributed by atoms with Gasteiger partial charge in [0, 0.05) is 37.8 Å². The molecule has 4 nitrogen and oxygen atoms in total. The van der Waals surface area contributed by atoms with Crippen LogP contribution < -0.4 is 0 Å². The van der Waals surface area contributed by atoms with Crippen molar-refractivity contribution in [2.45, 2.75) is 5.54 Å². The lowest BCUT2D eigenvalue weighted by Crippen LogP contribution is -2.59. The van der Waals surface area contributed by atoms with Crippen molar-refractivity contribution in [1.82, 2.24) is 4.90 Å². The predicted octanol–water partition coefficient (Wildman–Crippen LogP) is 0.814. The second kappa shape index (κ2) is 8.44. The normalized spacial score (nSPS) is 19.5. The lowest BCUT2D eigenvalue weighted by Gasteiger charge is -2.42. The van der Waals surface area contributed by atoms with Crippen LogP contribution >= 0.6 is 0 Å². The molecule has 0 amide bonds. The monoisotopic (exact) mass is 301 g/mol. The minimum atomic E-state index is -1.05. The largest absolute Gasteiger partial charge is 0.394 e. The molecule has 2 rings (SSSR count). The van der Waals surface area contributed by atoms with Crippen LogP contribution in [0.15, 0.2) is 48.6 Å². The van der Waals surface area contributed by atoms with E-state index in [-0.39, 0.29) is 19.8 Å². The van der Waals surface area contributed by atoms with Crippen LogP contribution in [0.25, 0.3) is 0 Å². The van der Waals surface area contributed by atoms with Crippen molar-refractivity contribution in [3.05, 3.63) is 73.3 Å². The summed E-state index contributed by atoms with van der Waals surface area (Å²) in [5.41, 5.74) is -1.05. The Balaban J connectivity index is 2.14. The Labute approximate surface area is 132 Å². The zero-order valence-electron chi connectivity index (χ0n) is 12.6. The summed E-state index contributed by atoms with van der Waals surface area (Å²) in [6.07, 6.45) is 19.7. The fourth-order valence-electron chi connectivity index (χ4n) is 2.45. The van der Waals surface area contributed by atoms with Gasteiger partial charge in [0.1, 0.15) is 0 Å². The molecule has 0 spiro atoms. The summed E-state index contributed by atoms with van der Waals surface area (Å²) in [6, 6.07) is 0. The second-order valence-corrected chi connectivity index (χ2v) is 5.53. The van der Waals surface area contributed by atoms with E-state index in [4.69, 9.17) is 0 Å². The molecule has 2 aliphatic rings. The number of allylic oxidation sites excluding steroid dienone is 4. The van der Waals surface area contributed by atoms with Gasteiger partial charge in [0.25, 0.3) is 0 Å². The molecule has 22 heavy (non-hydrogen) atoms. The third kappa shape index (κ3) is 4.17. The molecule has 0 fully saturated rings. The van der Waals surface area contributed by atoms with Crippen molar-refractivity contribution in [1.29, 1.82) is 0 Å². The van der Waals surface area contributed by atoms with E-state index in [0.29, 0.717) is 13.1 Å². The Kier molecular flexibility index (Phi) is 6.58. The first kappa shape index (κ1) is 17.2. The van der Waals surface area contributed by atoms with Gasteiger partial charge in [-0.05, 0) is 0 Å². The highest BCUT2D eigenvalue weighted by Crippen LogP contribution is 2.24. The Morgan fingerprint density at radius 2 is 1.05 bits per heavy atom. The Bertz CT molecular complexity index is 385. The number of aliphatic hydroxyl groups excluding tert-OH is 3. The van der Waals surface area contributed by atoms with Crippen LogP contribution in [0.3, 0.4) is 0 Å². The van der Waals surface area contributed by atoms with E-state index in [9.17, 15) is 15.3 Å². The summed E-state index contributed by atoms with van der Waals surface area (Å²) in [5.74, 6) is 2.14. The quantitative estimate of drug-likeness (QED) is 0.621. The number of hydrogen-bond donors (Lipinski definition) is 3. The minimum absolute atomic E-state index is 0.306. The van der Waals surface area contributed by atoms with E-state index in [2.05, 4.69) is 0 Å². The van der Waals surface area contributed by atoms with E-state index in [0.717, 1.165) is 11.8 Å². The molecule has 0 unspecified atom stereocenters. The van der Waals surface area contributed by atoms with Crippen LogP contribution in [-0.2, 0) is 0 Å². The van der Waals surface area contributed by atoms with Gasteiger partial charge in [-0.2, -0.15) is 0 Å². The predicted molar refractivity (Wildman–Crippen MR) is 87.2 cm³/mol. The Morgan fingerprint density at radius 3 is 1.36 bits per heavy atom. The van der Waals surface area contributed by atoms with Crippen molar-refractivity contribution < 1.29 is 15.3 Å². The van der Waals surface area contributed by atoms with Crippen LogP contribution in [0.4, 0.5) is 0 Å². The molecule has 0 aromatic heterocycles. The third-order valence-electron chi connectivity index (χ3n) is 3.99. The van der Waals surface area contributed by atoms with E-state index < -0.39 is 5.54 Å². The summed E-state index contributed by atoms with van der Waals surface area (Å²) in [4.78, 5) is 1.93. The summed E-state index contributed by atoms with van der Waals surface area (Å²) < 4.78 is 0. The zero-order valence-corrected chi connectivity index (χ0v) is 12.6. The smallest absolute Gasteiger partial charge is 0.0907 e. The maximum Gasteiger partial charge on any atom is 0.0907 e. The first-order chi connectivity index (χ1) is 10.7. The second-order valence-electron chi connectivity index (χ2n) is 5.53. The average molecular weight is 301 g/mol. The van der Waals surface area contributed by atoms with E-state index in [1.54, 1.807) is 0 Å². The highest BCUT2D eigenvalue weighted by Gasteiger charge is 2.37. The molecule has 0 heterocycles. The number of aliphatic hydroxyl groups is 3. The van der Waals surface area contributed by atoms with Gasteiger partial charge in [-0.25, -0.2) is 0 Å². The molecule has 0 atom stereocenters. The molecule has 0 bridgehead atoms. The molecule has 4 radical (unpaired) electrons. The van der Waals surface area contributed by atoms with Crippen LogP contribution in [0, 0.1) is 24.7 Å². The molecule has 0 saturated carbocycles. The van der Waals surface area contributed by atoms with Gasteiger partial charge in [0.15, 0.2) is 0 Å². The lowest BCUT2D eigenvalue weighted by molar-refractivity contribution is -0.0415. The van der Waals surface area contributed by atoms with Gasteiger partial charge in [-0.1, -0.05) is 48.6 Å². The molecule has 0 aromatic carbocycles. The molecular weight excluding hydrogens is 278 g/mol. The highest BCUT2D eigenvalue weighted by atomic mass is 16.3. The number of rotatable bonds is 8. The first-order valence-corrected chi connectivity index (χ1v) is 7.39. The summed E-state index contributed by atoms with van der Waals surface area (Å²) in [6.45, 7) is 0.161. The van der Waals surface area contributed by atoms with Crippen LogP contribution in [-0.4, -0.2) is 58.7 Å². The third-order valence-corrected chi connectivity index (χ3v) is 3.99. The molecule has 0 saturated heterocycles. The van der Waals surface area contributed by atoms with Crippen molar-refractivity contribution >= 4 is 0 Å². The molecule has 3 N–H and O–H groups in total. The van der Waals surface area contributed by atoms with Gasteiger partial charge in [0.2, 0.25) is 0 Å². The first-order valence-electron chi connectivity index (χ1n) is 7.39. The van der Waals surface area contributed by atoms with E-state index in [1.807, 2.05) is 66.3 Å². The van der Waals surface area contributed by atoms with Crippen molar-refractivity contribution in [3.8, 4) is 0 Å². The zero-order chi connectivity index (χ0) is 15.8. The molecule has 0 aliphatic heterocycles. The fourth-order valence-corrected chi connectivity index (χ4v) is 2.45. The molecule has 2 aliphatic carbocycles. The minimum Gasteiger partial charge on any atom is -0.394 e. The number of nitrogens with zero attached hydrogens (tertiary/aromatic N) is 1. The van der Waals surface area contributed by atoms with Crippen LogP contribution in [0.5, 0.6) is 0 Å². The van der Waals surface area contributed by atoms with E-state index in [1.165, 1.54) is 0 Å². The van der Waals surface area contributed by atoms with Gasteiger partial charge >= 0.3 is 0 Å². The summed E-state index contributed by atoms with van der Waals surface area (Å²) >= 11 is 0. The van der Waals surface area contributed by atoms with Crippen molar-refractivity contribution in [2.75, 3.05) is 32.9 Å². The molecule has 4 heteroatoms. The Morgan fingerprint density at radius 1 is 0.682 bits per heavy atom.